The molecule has 0 fully saturated rings. The molecule has 0 saturated heterocycles. The molecule has 1 unspecified atom stereocenters. The van der Waals surface area contributed by atoms with Crippen LogP contribution in [0.2, 0.25) is 0 Å². The van der Waals surface area contributed by atoms with Crippen molar-refractivity contribution in [3.05, 3.63) is 35.2 Å². The van der Waals surface area contributed by atoms with Crippen molar-refractivity contribution in [3.63, 3.8) is 0 Å². The van der Waals surface area contributed by atoms with Crippen LogP contribution in [0.5, 0.6) is 5.75 Å². The van der Waals surface area contributed by atoms with Crippen LogP contribution in [0.1, 0.15) is 37.0 Å². The number of amides is 1. The van der Waals surface area contributed by atoms with Crippen LogP contribution < -0.4 is 10.6 Å². The van der Waals surface area contributed by atoms with Gasteiger partial charge in [0.05, 0.1) is 16.9 Å². The number of nitrogens with zero attached hydrogens (tertiary/aromatic N) is 1. The number of phenolic OH excluding ortho intramolecular Hbond substituents is 1. The Morgan fingerprint density at radius 1 is 1.28 bits per heavy atom. The maximum absolute atomic E-state index is 12.1. The number of aliphatic hydroxyl groups excluding tert-OH is 1. The number of nitrogens with one attached hydrogen (secondary N) is 2. The van der Waals surface area contributed by atoms with Gasteiger partial charge < -0.3 is 25.7 Å². The molecule has 4 N–H and O–H groups in total. The summed E-state index contributed by atoms with van der Waals surface area (Å²) in [5.41, 5.74) is 1.01. The average molecular weight is 347 g/mol. The molecule has 136 valence electrons. The summed E-state index contributed by atoms with van der Waals surface area (Å²) >= 11 is 0. The number of anilines is 1. The Hall–Kier alpha value is -2.54. The zero-order valence-corrected chi connectivity index (χ0v) is 15.0. The van der Waals surface area contributed by atoms with Crippen LogP contribution in [-0.2, 0) is 4.79 Å². The second-order valence-corrected chi connectivity index (χ2v) is 6.24. The summed E-state index contributed by atoms with van der Waals surface area (Å²) in [5.74, 6) is -1.02. The third-order valence-electron chi connectivity index (χ3n) is 4.32. The average Bonchev–Trinajstić information content (AvgIpc) is 2.61. The number of carbonyl (C=O) groups excluding carboxylic acids is 2. The van der Waals surface area contributed by atoms with Crippen molar-refractivity contribution in [2.24, 2.45) is 0 Å². The number of rotatable bonds is 7. The molecule has 0 heterocycles. The molecule has 0 radical (unpaired) electrons. The number of phenols is 1. The summed E-state index contributed by atoms with van der Waals surface area (Å²) in [7, 11) is 3.18. The lowest BCUT2D eigenvalue weighted by Gasteiger charge is -2.32. The van der Waals surface area contributed by atoms with Crippen molar-refractivity contribution in [2.75, 3.05) is 19.4 Å². The highest BCUT2D eigenvalue weighted by molar-refractivity contribution is 6.11. The lowest BCUT2D eigenvalue weighted by atomic mass is 9.93. The summed E-state index contributed by atoms with van der Waals surface area (Å²) in [6.07, 6.45) is 0.523. The van der Waals surface area contributed by atoms with Crippen molar-refractivity contribution < 1.29 is 19.8 Å². The van der Waals surface area contributed by atoms with E-state index in [1.807, 2.05) is 13.8 Å². The van der Waals surface area contributed by atoms with Gasteiger partial charge in [0.2, 0.25) is 5.78 Å². The highest BCUT2D eigenvalue weighted by Gasteiger charge is 2.39. The highest BCUT2D eigenvalue weighted by atomic mass is 16.3. The van der Waals surface area contributed by atoms with E-state index in [0.29, 0.717) is 5.70 Å². The number of aromatic hydroxyl groups is 1. The van der Waals surface area contributed by atoms with E-state index in [1.165, 1.54) is 11.0 Å². The number of Topliss-reactive ketones (excluding diaryl/α,β-unsaturated/α-hetero) is 1. The van der Waals surface area contributed by atoms with Crippen molar-refractivity contribution >= 4 is 17.4 Å². The summed E-state index contributed by atoms with van der Waals surface area (Å²) in [6.45, 7) is 4.04. The fourth-order valence-corrected chi connectivity index (χ4v) is 2.64. The summed E-state index contributed by atoms with van der Waals surface area (Å²) < 4.78 is 0. The molecule has 1 aromatic carbocycles. The molecule has 1 atom stereocenters. The predicted molar refractivity (Wildman–Crippen MR) is 95.3 cm³/mol. The zero-order valence-electron chi connectivity index (χ0n) is 15.0. The third-order valence-corrected chi connectivity index (χ3v) is 4.32. The Bertz CT molecular complexity index is 708. The lowest BCUT2D eigenvalue weighted by Crippen LogP contribution is -2.48. The van der Waals surface area contributed by atoms with Crippen LogP contribution in [0.3, 0.4) is 0 Å². The third kappa shape index (κ3) is 3.61. The van der Waals surface area contributed by atoms with Gasteiger partial charge in [-0.15, -0.1) is 0 Å². The quantitative estimate of drug-likeness (QED) is 0.557. The van der Waals surface area contributed by atoms with E-state index in [1.54, 1.807) is 26.2 Å². The fourth-order valence-electron chi connectivity index (χ4n) is 2.64. The zero-order chi connectivity index (χ0) is 18.7. The Balaban J connectivity index is 2.31. The minimum Gasteiger partial charge on any atom is -0.505 e. The molecule has 0 bridgehead atoms. The first-order valence-electron chi connectivity index (χ1n) is 8.35. The molecule has 7 nitrogen and oxygen atoms in total. The van der Waals surface area contributed by atoms with Gasteiger partial charge >= 0.3 is 0 Å². The van der Waals surface area contributed by atoms with E-state index in [-0.39, 0.29) is 34.6 Å². The van der Waals surface area contributed by atoms with Gasteiger partial charge in [0.15, 0.2) is 11.9 Å². The monoisotopic (exact) mass is 347 g/mol. The maximum Gasteiger partial charge on any atom is 0.257 e. The number of hydrogen-bond acceptors (Lipinski definition) is 6. The highest BCUT2D eigenvalue weighted by Crippen LogP contribution is 2.32. The van der Waals surface area contributed by atoms with Gasteiger partial charge in [0.1, 0.15) is 5.70 Å². The van der Waals surface area contributed by atoms with E-state index >= 15 is 0 Å². The van der Waals surface area contributed by atoms with Gasteiger partial charge in [-0.3, -0.25) is 9.59 Å². The Kier molecular flexibility index (Phi) is 5.69. The Morgan fingerprint density at radius 2 is 1.92 bits per heavy atom. The van der Waals surface area contributed by atoms with Crippen molar-refractivity contribution in [1.82, 2.24) is 10.2 Å². The van der Waals surface area contributed by atoms with Crippen LogP contribution >= 0.6 is 0 Å². The van der Waals surface area contributed by atoms with Crippen molar-refractivity contribution in [2.45, 2.75) is 38.8 Å². The smallest absolute Gasteiger partial charge is 0.257 e. The summed E-state index contributed by atoms with van der Waals surface area (Å²) in [6, 6.07) is 4.84. The van der Waals surface area contributed by atoms with Gasteiger partial charge in [0.25, 0.3) is 5.91 Å². The van der Waals surface area contributed by atoms with E-state index < -0.39 is 11.9 Å². The standard InChI is InChI=1S/C18H25N3O4/c1-5-10(6-2)19-13-14(17(24)16(13)23)20-12-9-7-8-11(15(12)22)18(25)21(3)4/h7-10,16,19-20,22-23H,5-6H2,1-4H3. The van der Waals surface area contributed by atoms with Crippen LogP contribution in [0, 0.1) is 0 Å². The Morgan fingerprint density at radius 3 is 2.48 bits per heavy atom. The molecule has 1 aliphatic carbocycles. The molecule has 1 aromatic rings. The molecule has 0 aromatic heterocycles. The number of carbonyl (C=O) groups is 2. The van der Waals surface area contributed by atoms with Crippen molar-refractivity contribution in [3.8, 4) is 5.75 Å². The predicted octanol–water partition coefficient (Wildman–Crippen LogP) is 1.44. The Labute approximate surface area is 147 Å². The number of ketones is 1. The number of benzene rings is 1. The molecule has 0 spiro atoms. The van der Waals surface area contributed by atoms with Gasteiger partial charge in [-0.1, -0.05) is 19.9 Å². The van der Waals surface area contributed by atoms with Gasteiger partial charge in [-0.25, -0.2) is 0 Å². The molecule has 25 heavy (non-hydrogen) atoms. The largest absolute Gasteiger partial charge is 0.505 e. The van der Waals surface area contributed by atoms with E-state index in [2.05, 4.69) is 10.6 Å². The molecule has 0 aliphatic heterocycles. The summed E-state index contributed by atoms with van der Waals surface area (Å²) in [4.78, 5) is 25.5. The van der Waals surface area contributed by atoms with Crippen LogP contribution in [0.4, 0.5) is 5.69 Å². The SMILES string of the molecule is CCC(CC)NC1=C(Nc2cccc(C(=O)N(C)C)c2O)C(=O)C1O. The summed E-state index contributed by atoms with van der Waals surface area (Å²) in [5, 5.41) is 26.3. The molecule has 7 heteroatoms. The molecule has 1 aliphatic rings. The van der Waals surface area contributed by atoms with E-state index in [4.69, 9.17) is 0 Å². The first-order chi connectivity index (χ1) is 11.8. The van der Waals surface area contributed by atoms with E-state index in [0.717, 1.165) is 12.8 Å². The molecule has 0 saturated carbocycles. The molecule has 1 amide bonds. The topological polar surface area (TPSA) is 102 Å². The van der Waals surface area contributed by atoms with Crippen LogP contribution in [-0.4, -0.2) is 53.0 Å². The second-order valence-electron chi connectivity index (χ2n) is 6.24. The number of hydrogen-bond donors (Lipinski definition) is 4. The number of aliphatic hydroxyl groups is 1. The van der Waals surface area contributed by atoms with Crippen LogP contribution in [0.15, 0.2) is 29.6 Å². The maximum atomic E-state index is 12.1. The van der Waals surface area contributed by atoms with Gasteiger partial charge in [-0.05, 0) is 25.0 Å². The molecular weight excluding hydrogens is 322 g/mol. The first kappa shape index (κ1) is 18.8. The molecule has 2 rings (SSSR count). The lowest BCUT2D eigenvalue weighted by molar-refractivity contribution is -0.124. The van der Waals surface area contributed by atoms with E-state index in [9.17, 15) is 19.8 Å². The number of para-hydroxylation sites is 1. The normalized spacial score (nSPS) is 16.7. The second kappa shape index (κ2) is 7.57. The van der Waals surface area contributed by atoms with Gasteiger partial charge in [-0.2, -0.15) is 0 Å². The van der Waals surface area contributed by atoms with Crippen molar-refractivity contribution in [1.29, 1.82) is 0 Å². The van der Waals surface area contributed by atoms with Crippen LogP contribution in [0.25, 0.3) is 0 Å². The first-order valence-corrected chi connectivity index (χ1v) is 8.35. The minimum absolute atomic E-state index is 0.137. The fraction of sp³-hybridized carbons (Fsp3) is 0.444. The molecular formula is C18H25N3O4. The minimum atomic E-state index is -1.18. The van der Waals surface area contributed by atoms with Gasteiger partial charge in [0, 0.05) is 20.1 Å².